The molecule has 1 aromatic carbocycles. The lowest BCUT2D eigenvalue weighted by Crippen LogP contribution is -2.44. The Morgan fingerprint density at radius 3 is 2.40 bits per heavy atom. The van der Waals surface area contributed by atoms with E-state index in [4.69, 9.17) is 26.2 Å². The number of aliphatic hydroxyl groups excluding tert-OH is 1. The normalized spacial score (nSPS) is 13.3. The van der Waals surface area contributed by atoms with Crippen molar-refractivity contribution in [3.8, 4) is 0 Å². The molecule has 1 rings (SSSR count). The summed E-state index contributed by atoms with van der Waals surface area (Å²) in [6.45, 7) is 5.71. The Labute approximate surface area is 180 Å². The summed E-state index contributed by atoms with van der Waals surface area (Å²) in [6, 6.07) is 6.36. The largest absolute Gasteiger partial charge is 0.479 e. The van der Waals surface area contributed by atoms with Crippen LogP contribution in [0.5, 0.6) is 0 Å². The fourth-order valence-corrected chi connectivity index (χ4v) is 2.69. The van der Waals surface area contributed by atoms with Crippen LogP contribution in [0, 0.1) is 0 Å². The SMILES string of the molecule is C=C(C=C(C)Cl)c1ccc(CC(CC(O)C(=O)O)NC(=O)C(=O)OCCOC)cc1. The second-order valence-corrected chi connectivity index (χ2v) is 7.14. The number of nitrogens with one attached hydrogen (secondary N) is 1. The Morgan fingerprint density at radius 1 is 1.23 bits per heavy atom. The molecule has 0 saturated carbocycles. The number of carboxylic acids is 1. The standard InChI is InChI=1S/C21H26ClNO7/c1-13(10-14(2)22)16-6-4-15(5-7-16)11-17(12-18(24)20(26)27)23-19(25)21(28)30-9-8-29-3/h4-7,10,17-18,24H,1,8-9,11-12H2,2-3H3,(H,23,25)(H,26,27). The minimum atomic E-state index is -1.70. The molecule has 0 spiro atoms. The summed E-state index contributed by atoms with van der Waals surface area (Å²) >= 11 is 5.85. The molecule has 3 N–H and O–H groups in total. The molecule has 8 nitrogen and oxygen atoms in total. The molecule has 164 valence electrons. The van der Waals surface area contributed by atoms with E-state index >= 15 is 0 Å². The van der Waals surface area contributed by atoms with E-state index in [1.165, 1.54) is 7.11 Å². The summed E-state index contributed by atoms with van der Waals surface area (Å²) in [5.74, 6) is -3.56. The first-order valence-electron chi connectivity index (χ1n) is 9.13. The van der Waals surface area contributed by atoms with E-state index in [1.54, 1.807) is 37.3 Å². The van der Waals surface area contributed by atoms with Gasteiger partial charge in [-0.1, -0.05) is 42.4 Å². The minimum Gasteiger partial charge on any atom is -0.479 e. The number of amides is 1. The zero-order chi connectivity index (χ0) is 22.7. The number of aliphatic carboxylic acids is 1. The van der Waals surface area contributed by atoms with Crippen LogP contribution in [-0.2, 0) is 30.3 Å². The quantitative estimate of drug-likeness (QED) is 0.208. The third-order valence-corrected chi connectivity index (χ3v) is 4.12. The number of rotatable bonds is 11. The fraction of sp³-hybridized carbons (Fsp3) is 0.381. The number of esters is 1. The molecule has 30 heavy (non-hydrogen) atoms. The molecule has 0 bridgehead atoms. The number of ether oxygens (including phenoxy) is 2. The monoisotopic (exact) mass is 439 g/mol. The van der Waals surface area contributed by atoms with Crippen LogP contribution >= 0.6 is 11.6 Å². The molecule has 1 aromatic rings. The Morgan fingerprint density at radius 2 is 1.87 bits per heavy atom. The van der Waals surface area contributed by atoms with E-state index in [0.29, 0.717) is 5.03 Å². The van der Waals surface area contributed by atoms with Crippen LogP contribution in [0.1, 0.15) is 24.5 Å². The molecule has 0 aliphatic rings. The first kappa shape index (κ1) is 25.4. The molecule has 0 aliphatic carbocycles. The van der Waals surface area contributed by atoms with Gasteiger partial charge in [0.1, 0.15) is 6.61 Å². The number of hydrogen-bond donors (Lipinski definition) is 3. The Bertz CT molecular complexity index is 785. The number of benzene rings is 1. The molecule has 2 unspecified atom stereocenters. The van der Waals surface area contributed by atoms with Crippen LogP contribution in [0.15, 0.2) is 42.0 Å². The van der Waals surface area contributed by atoms with Crippen molar-refractivity contribution in [3.05, 3.63) is 53.1 Å². The van der Waals surface area contributed by atoms with Gasteiger partial charge in [-0.3, -0.25) is 4.79 Å². The number of methoxy groups -OCH3 is 1. The average Bonchev–Trinajstić information content (AvgIpc) is 2.67. The second kappa shape index (κ2) is 12.8. The molecule has 9 heteroatoms. The molecule has 0 heterocycles. The minimum absolute atomic E-state index is 0.0905. The van der Waals surface area contributed by atoms with Gasteiger partial charge in [-0.05, 0) is 36.1 Å². The summed E-state index contributed by atoms with van der Waals surface area (Å²) < 4.78 is 9.47. The summed E-state index contributed by atoms with van der Waals surface area (Å²) in [7, 11) is 1.42. The van der Waals surface area contributed by atoms with E-state index in [2.05, 4.69) is 11.9 Å². The van der Waals surface area contributed by atoms with Gasteiger partial charge in [0.2, 0.25) is 0 Å². The Hall–Kier alpha value is -2.68. The van der Waals surface area contributed by atoms with E-state index in [0.717, 1.165) is 16.7 Å². The average molecular weight is 440 g/mol. The van der Waals surface area contributed by atoms with Crippen molar-refractivity contribution < 1.29 is 34.1 Å². The van der Waals surface area contributed by atoms with Gasteiger partial charge in [0, 0.05) is 24.6 Å². The molecule has 0 saturated heterocycles. The number of carbonyl (C=O) groups is 3. The van der Waals surface area contributed by atoms with Crippen molar-refractivity contribution in [1.82, 2.24) is 5.32 Å². The van der Waals surface area contributed by atoms with E-state index in [9.17, 15) is 19.5 Å². The zero-order valence-electron chi connectivity index (χ0n) is 16.9. The summed E-state index contributed by atoms with van der Waals surface area (Å²) in [4.78, 5) is 34.8. The van der Waals surface area contributed by atoms with Crippen molar-refractivity contribution in [2.45, 2.75) is 31.9 Å². The number of halogens is 1. The van der Waals surface area contributed by atoms with Gasteiger partial charge >= 0.3 is 17.8 Å². The molecule has 0 fully saturated rings. The number of hydrogen-bond acceptors (Lipinski definition) is 6. The zero-order valence-corrected chi connectivity index (χ0v) is 17.6. The number of carbonyl (C=O) groups excluding carboxylic acids is 2. The van der Waals surface area contributed by atoms with Crippen molar-refractivity contribution in [1.29, 1.82) is 0 Å². The van der Waals surface area contributed by atoms with Crippen LogP contribution in [0.3, 0.4) is 0 Å². The molecule has 2 atom stereocenters. The van der Waals surface area contributed by atoms with E-state index in [-0.39, 0.29) is 26.1 Å². The van der Waals surface area contributed by atoms with Gasteiger partial charge in [-0.15, -0.1) is 0 Å². The first-order chi connectivity index (χ1) is 14.1. The van der Waals surface area contributed by atoms with Gasteiger partial charge < -0.3 is 25.0 Å². The third kappa shape index (κ3) is 9.21. The predicted octanol–water partition coefficient (Wildman–Crippen LogP) is 1.89. The third-order valence-electron chi connectivity index (χ3n) is 4.01. The highest BCUT2D eigenvalue weighted by atomic mass is 35.5. The van der Waals surface area contributed by atoms with Gasteiger partial charge in [0.05, 0.1) is 6.61 Å². The summed E-state index contributed by atoms with van der Waals surface area (Å²) in [5, 5.41) is 21.7. The molecular formula is C21H26ClNO7. The van der Waals surface area contributed by atoms with Crippen molar-refractivity contribution in [2.75, 3.05) is 20.3 Å². The molecule has 0 aromatic heterocycles. The van der Waals surface area contributed by atoms with Crippen LogP contribution < -0.4 is 5.32 Å². The molecular weight excluding hydrogens is 414 g/mol. The van der Waals surface area contributed by atoms with Crippen LogP contribution in [-0.4, -0.2) is 60.5 Å². The highest BCUT2D eigenvalue weighted by molar-refractivity contribution is 6.32. The molecule has 0 aliphatic heterocycles. The smallest absolute Gasteiger partial charge is 0.396 e. The summed E-state index contributed by atoms with van der Waals surface area (Å²) in [6.07, 6.45) is -0.0678. The maximum Gasteiger partial charge on any atom is 0.396 e. The fourth-order valence-electron chi connectivity index (χ4n) is 2.55. The maximum atomic E-state index is 12.0. The lowest BCUT2D eigenvalue weighted by Gasteiger charge is -2.20. The second-order valence-electron chi connectivity index (χ2n) is 6.55. The lowest BCUT2D eigenvalue weighted by atomic mass is 9.98. The van der Waals surface area contributed by atoms with Crippen LogP contribution in [0.4, 0.5) is 0 Å². The van der Waals surface area contributed by atoms with E-state index < -0.39 is 30.0 Å². The van der Waals surface area contributed by atoms with Crippen LogP contribution in [0.2, 0.25) is 0 Å². The van der Waals surface area contributed by atoms with Crippen molar-refractivity contribution in [2.24, 2.45) is 0 Å². The number of carboxylic acid groups (broad SMARTS) is 1. The topological polar surface area (TPSA) is 122 Å². The number of allylic oxidation sites excluding steroid dienone is 3. The number of aliphatic hydroxyl groups is 1. The highest BCUT2D eigenvalue weighted by Gasteiger charge is 2.25. The van der Waals surface area contributed by atoms with Gasteiger partial charge in [0.15, 0.2) is 6.10 Å². The van der Waals surface area contributed by atoms with Gasteiger partial charge in [-0.25, -0.2) is 9.59 Å². The predicted molar refractivity (Wildman–Crippen MR) is 112 cm³/mol. The van der Waals surface area contributed by atoms with Gasteiger partial charge in [-0.2, -0.15) is 0 Å². The van der Waals surface area contributed by atoms with Crippen molar-refractivity contribution >= 4 is 35.0 Å². The lowest BCUT2D eigenvalue weighted by molar-refractivity contribution is -0.156. The first-order valence-corrected chi connectivity index (χ1v) is 9.51. The molecule has 1 amide bonds. The Kier molecular flexibility index (Phi) is 10.8. The summed E-state index contributed by atoms with van der Waals surface area (Å²) in [5.41, 5.74) is 2.32. The van der Waals surface area contributed by atoms with E-state index in [1.807, 2.05) is 0 Å². The van der Waals surface area contributed by atoms with Crippen molar-refractivity contribution in [3.63, 3.8) is 0 Å². The van der Waals surface area contributed by atoms with Gasteiger partial charge in [0.25, 0.3) is 0 Å². The van der Waals surface area contributed by atoms with Crippen LogP contribution in [0.25, 0.3) is 5.57 Å². The maximum absolute atomic E-state index is 12.0. The molecule has 0 radical (unpaired) electrons. The highest BCUT2D eigenvalue weighted by Crippen LogP contribution is 2.18. The Balaban J connectivity index is 2.86.